The van der Waals surface area contributed by atoms with Gasteiger partial charge in [0.15, 0.2) is 0 Å². The standard InChI is InChI=1S/C11H11BrN2O3/c12-7-3-1-5-13-9(7)10(15)14-6-2-4-8(14)11(16)17/h1,3,5,8H,2,4,6H2,(H,16,17)/t8-/m1/s1. The first kappa shape index (κ1) is 12.0. The van der Waals surface area contributed by atoms with Crippen molar-refractivity contribution < 1.29 is 14.7 Å². The van der Waals surface area contributed by atoms with Crippen LogP contribution in [0.2, 0.25) is 0 Å². The topological polar surface area (TPSA) is 70.5 Å². The lowest BCUT2D eigenvalue weighted by atomic mass is 10.2. The Hall–Kier alpha value is -1.43. The Labute approximate surface area is 107 Å². The molecule has 1 N–H and O–H groups in total. The van der Waals surface area contributed by atoms with Gasteiger partial charge in [0.2, 0.25) is 0 Å². The molecule has 1 aliphatic rings. The molecule has 90 valence electrons. The highest BCUT2D eigenvalue weighted by atomic mass is 79.9. The largest absolute Gasteiger partial charge is 0.480 e. The summed E-state index contributed by atoms with van der Waals surface area (Å²) in [5.74, 6) is -1.29. The normalized spacial score (nSPS) is 19.4. The second-order valence-corrected chi connectivity index (χ2v) is 4.68. The Bertz CT molecular complexity index is 464. The molecule has 2 heterocycles. The Morgan fingerprint density at radius 1 is 1.53 bits per heavy atom. The number of halogens is 1. The van der Waals surface area contributed by atoms with Gasteiger partial charge < -0.3 is 10.0 Å². The van der Waals surface area contributed by atoms with Gasteiger partial charge >= 0.3 is 5.97 Å². The highest BCUT2D eigenvalue weighted by molar-refractivity contribution is 9.10. The average Bonchev–Trinajstić information content (AvgIpc) is 2.77. The first-order valence-corrected chi connectivity index (χ1v) is 6.05. The van der Waals surface area contributed by atoms with Crippen molar-refractivity contribution in [3.63, 3.8) is 0 Å². The number of carboxylic acid groups (broad SMARTS) is 1. The van der Waals surface area contributed by atoms with Crippen molar-refractivity contribution in [3.05, 3.63) is 28.5 Å². The fourth-order valence-electron chi connectivity index (χ4n) is 1.95. The van der Waals surface area contributed by atoms with Crippen LogP contribution in [0.3, 0.4) is 0 Å². The number of amides is 1. The molecule has 5 nitrogen and oxygen atoms in total. The molecular formula is C11H11BrN2O3. The molecule has 0 saturated carbocycles. The second kappa shape index (κ2) is 4.83. The van der Waals surface area contributed by atoms with Crippen molar-refractivity contribution >= 4 is 27.8 Å². The van der Waals surface area contributed by atoms with Crippen LogP contribution in [0.25, 0.3) is 0 Å². The Morgan fingerprint density at radius 2 is 2.29 bits per heavy atom. The predicted octanol–water partition coefficient (Wildman–Crippen LogP) is 1.53. The van der Waals surface area contributed by atoms with Crippen molar-refractivity contribution in [2.75, 3.05) is 6.54 Å². The van der Waals surface area contributed by atoms with Gasteiger partial charge in [-0.05, 0) is 40.9 Å². The lowest BCUT2D eigenvalue weighted by Crippen LogP contribution is -2.40. The fourth-order valence-corrected chi connectivity index (χ4v) is 2.37. The van der Waals surface area contributed by atoms with Crippen LogP contribution in [0.15, 0.2) is 22.8 Å². The molecule has 1 aromatic rings. The number of pyridine rings is 1. The number of hydrogen-bond acceptors (Lipinski definition) is 3. The molecule has 1 aromatic heterocycles. The highest BCUT2D eigenvalue weighted by Gasteiger charge is 2.35. The molecule has 17 heavy (non-hydrogen) atoms. The summed E-state index contributed by atoms with van der Waals surface area (Å²) in [5.41, 5.74) is 0.264. The number of likely N-dealkylation sites (tertiary alicyclic amines) is 1. The minimum absolute atomic E-state index is 0.264. The van der Waals surface area contributed by atoms with Gasteiger partial charge in [-0.25, -0.2) is 9.78 Å². The zero-order valence-electron chi connectivity index (χ0n) is 8.97. The van der Waals surface area contributed by atoms with Crippen LogP contribution in [0.5, 0.6) is 0 Å². The zero-order valence-corrected chi connectivity index (χ0v) is 10.6. The van der Waals surface area contributed by atoms with E-state index in [2.05, 4.69) is 20.9 Å². The number of aliphatic carboxylic acids is 1. The van der Waals surface area contributed by atoms with Gasteiger partial charge in [0.1, 0.15) is 11.7 Å². The number of carbonyl (C=O) groups excluding carboxylic acids is 1. The number of aromatic nitrogens is 1. The van der Waals surface area contributed by atoms with Crippen molar-refractivity contribution in [1.29, 1.82) is 0 Å². The van der Waals surface area contributed by atoms with Crippen LogP contribution < -0.4 is 0 Å². The third-order valence-electron chi connectivity index (χ3n) is 2.76. The minimum Gasteiger partial charge on any atom is -0.480 e. The summed E-state index contributed by atoms with van der Waals surface area (Å²) in [6, 6.07) is 2.70. The predicted molar refractivity (Wildman–Crippen MR) is 63.6 cm³/mol. The molecular weight excluding hydrogens is 288 g/mol. The lowest BCUT2D eigenvalue weighted by Gasteiger charge is -2.21. The summed E-state index contributed by atoms with van der Waals surface area (Å²) < 4.78 is 0.584. The van der Waals surface area contributed by atoms with E-state index in [1.807, 2.05) is 0 Å². The highest BCUT2D eigenvalue weighted by Crippen LogP contribution is 2.22. The Kier molecular flexibility index (Phi) is 3.42. The molecule has 0 unspecified atom stereocenters. The number of rotatable bonds is 2. The molecule has 1 amide bonds. The molecule has 1 saturated heterocycles. The first-order valence-electron chi connectivity index (χ1n) is 5.25. The van der Waals surface area contributed by atoms with Crippen LogP contribution in [-0.4, -0.2) is 39.5 Å². The van der Waals surface area contributed by atoms with E-state index in [4.69, 9.17) is 5.11 Å². The quantitative estimate of drug-likeness (QED) is 0.899. The summed E-state index contributed by atoms with van der Waals surface area (Å²) in [5, 5.41) is 9.02. The average molecular weight is 299 g/mol. The zero-order chi connectivity index (χ0) is 12.4. The van der Waals surface area contributed by atoms with Gasteiger partial charge in [-0.2, -0.15) is 0 Å². The molecule has 2 rings (SSSR count). The van der Waals surface area contributed by atoms with Crippen molar-refractivity contribution in [2.24, 2.45) is 0 Å². The van der Waals surface area contributed by atoms with Gasteiger partial charge in [-0.15, -0.1) is 0 Å². The van der Waals surface area contributed by atoms with Crippen LogP contribution in [0.4, 0.5) is 0 Å². The van der Waals surface area contributed by atoms with E-state index < -0.39 is 12.0 Å². The monoisotopic (exact) mass is 298 g/mol. The van der Waals surface area contributed by atoms with Gasteiger partial charge in [-0.1, -0.05) is 0 Å². The number of hydrogen-bond donors (Lipinski definition) is 1. The van der Waals surface area contributed by atoms with E-state index >= 15 is 0 Å². The molecule has 6 heteroatoms. The molecule has 0 aliphatic carbocycles. The lowest BCUT2D eigenvalue weighted by molar-refractivity contribution is -0.141. The van der Waals surface area contributed by atoms with Gasteiger partial charge in [-0.3, -0.25) is 4.79 Å². The van der Waals surface area contributed by atoms with E-state index in [-0.39, 0.29) is 11.6 Å². The molecule has 0 spiro atoms. The van der Waals surface area contributed by atoms with Crippen molar-refractivity contribution in [1.82, 2.24) is 9.88 Å². The van der Waals surface area contributed by atoms with Gasteiger partial charge in [0, 0.05) is 17.2 Å². The van der Waals surface area contributed by atoms with Crippen LogP contribution >= 0.6 is 15.9 Å². The third kappa shape index (κ3) is 2.31. The maximum atomic E-state index is 12.2. The Morgan fingerprint density at radius 3 is 2.94 bits per heavy atom. The second-order valence-electron chi connectivity index (χ2n) is 3.83. The van der Waals surface area contributed by atoms with Crippen molar-refractivity contribution in [2.45, 2.75) is 18.9 Å². The molecule has 0 radical (unpaired) electrons. The first-order chi connectivity index (χ1) is 8.11. The van der Waals surface area contributed by atoms with Crippen LogP contribution in [0, 0.1) is 0 Å². The van der Waals surface area contributed by atoms with Crippen LogP contribution in [0.1, 0.15) is 23.3 Å². The molecule has 1 atom stereocenters. The van der Waals surface area contributed by atoms with E-state index in [0.717, 1.165) is 0 Å². The maximum absolute atomic E-state index is 12.2. The van der Waals surface area contributed by atoms with E-state index in [1.54, 1.807) is 12.1 Å². The summed E-state index contributed by atoms with van der Waals surface area (Å²) in [6.45, 7) is 0.471. The number of carbonyl (C=O) groups is 2. The van der Waals surface area contributed by atoms with Gasteiger partial charge in [0.05, 0.1) is 0 Å². The van der Waals surface area contributed by atoms with Gasteiger partial charge in [0.25, 0.3) is 5.91 Å². The SMILES string of the molecule is O=C(O)[C@H]1CCCN1C(=O)c1ncccc1Br. The molecule has 1 fully saturated rings. The van der Waals surface area contributed by atoms with Crippen LogP contribution in [-0.2, 0) is 4.79 Å². The van der Waals surface area contributed by atoms with Crippen molar-refractivity contribution in [3.8, 4) is 0 Å². The maximum Gasteiger partial charge on any atom is 0.326 e. The van der Waals surface area contributed by atoms with E-state index in [1.165, 1.54) is 11.1 Å². The fraction of sp³-hybridized carbons (Fsp3) is 0.364. The summed E-state index contributed by atoms with van der Waals surface area (Å²) in [6.07, 6.45) is 2.74. The molecule has 0 aromatic carbocycles. The smallest absolute Gasteiger partial charge is 0.326 e. The van der Waals surface area contributed by atoms with E-state index in [9.17, 15) is 9.59 Å². The van der Waals surface area contributed by atoms with E-state index in [0.29, 0.717) is 23.9 Å². The number of nitrogens with zero attached hydrogens (tertiary/aromatic N) is 2. The molecule has 0 bridgehead atoms. The Balaban J connectivity index is 2.26. The third-order valence-corrected chi connectivity index (χ3v) is 3.40. The summed E-state index contributed by atoms with van der Waals surface area (Å²) >= 11 is 3.24. The summed E-state index contributed by atoms with van der Waals surface area (Å²) in [7, 11) is 0. The minimum atomic E-state index is -0.956. The number of carboxylic acids is 1. The molecule has 1 aliphatic heterocycles. The summed E-state index contributed by atoms with van der Waals surface area (Å²) in [4.78, 5) is 28.5.